The largest absolute Gasteiger partial charge is 0.487 e. The molecule has 1 aromatic carbocycles. The van der Waals surface area contributed by atoms with E-state index in [4.69, 9.17) is 4.74 Å². The van der Waals surface area contributed by atoms with Gasteiger partial charge < -0.3 is 4.74 Å². The first-order chi connectivity index (χ1) is 7.25. The van der Waals surface area contributed by atoms with Crippen LogP contribution in [0.4, 0.5) is 4.39 Å². The molecule has 78 valence electrons. The van der Waals surface area contributed by atoms with Crippen LogP contribution in [0.3, 0.4) is 0 Å². The third kappa shape index (κ3) is 2.53. The molecule has 1 heterocycles. The first kappa shape index (κ1) is 10.1. The number of ether oxygens (including phenoxy) is 1. The molecule has 0 aliphatic carbocycles. The van der Waals surface area contributed by atoms with E-state index < -0.39 is 0 Å². The number of thiazole rings is 1. The van der Waals surface area contributed by atoms with Crippen LogP contribution in [0.5, 0.6) is 5.75 Å². The molecule has 0 amide bonds. The van der Waals surface area contributed by atoms with E-state index in [2.05, 4.69) is 4.98 Å². The van der Waals surface area contributed by atoms with Crippen LogP contribution in [0.2, 0.25) is 0 Å². The summed E-state index contributed by atoms with van der Waals surface area (Å²) in [6, 6.07) is 4.71. The molecular weight excluding hydrogens is 213 g/mol. The summed E-state index contributed by atoms with van der Waals surface area (Å²) in [5, 5.41) is 1.93. The van der Waals surface area contributed by atoms with Crippen LogP contribution in [0.15, 0.2) is 29.1 Å². The van der Waals surface area contributed by atoms with E-state index in [0.29, 0.717) is 17.9 Å². The second-order valence-electron chi connectivity index (χ2n) is 3.18. The van der Waals surface area contributed by atoms with E-state index in [1.807, 2.05) is 5.38 Å². The maximum Gasteiger partial charge on any atom is 0.131 e. The van der Waals surface area contributed by atoms with Crippen molar-refractivity contribution in [2.24, 2.45) is 0 Å². The number of aromatic nitrogens is 1. The molecule has 0 N–H and O–H groups in total. The average Bonchev–Trinajstić information content (AvgIpc) is 2.73. The molecule has 15 heavy (non-hydrogen) atoms. The van der Waals surface area contributed by atoms with Gasteiger partial charge in [0.25, 0.3) is 0 Å². The molecule has 1 aromatic heterocycles. The predicted molar refractivity (Wildman–Crippen MR) is 57.6 cm³/mol. The highest BCUT2D eigenvalue weighted by Crippen LogP contribution is 2.17. The summed E-state index contributed by atoms with van der Waals surface area (Å²) in [6.45, 7) is 2.14. The van der Waals surface area contributed by atoms with Gasteiger partial charge in [0, 0.05) is 5.38 Å². The minimum atomic E-state index is -0.212. The van der Waals surface area contributed by atoms with E-state index in [9.17, 15) is 4.39 Å². The minimum Gasteiger partial charge on any atom is -0.487 e. The predicted octanol–water partition coefficient (Wildman–Crippen LogP) is 3.17. The van der Waals surface area contributed by atoms with Crippen LogP contribution in [0.1, 0.15) is 11.3 Å². The van der Waals surface area contributed by atoms with Crippen LogP contribution in [0, 0.1) is 12.7 Å². The van der Waals surface area contributed by atoms with Gasteiger partial charge >= 0.3 is 0 Å². The molecule has 0 atom stereocenters. The van der Waals surface area contributed by atoms with Gasteiger partial charge in [-0.05, 0) is 30.7 Å². The number of rotatable bonds is 3. The van der Waals surface area contributed by atoms with Crippen molar-refractivity contribution in [3.8, 4) is 5.75 Å². The Morgan fingerprint density at radius 3 is 3.00 bits per heavy atom. The molecule has 2 aromatic rings. The van der Waals surface area contributed by atoms with E-state index >= 15 is 0 Å². The smallest absolute Gasteiger partial charge is 0.131 e. The normalized spacial score (nSPS) is 10.3. The fourth-order valence-electron chi connectivity index (χ4n) is 1.17. The molecule has 4 heteroatoms. The van der Waals surface area contributed by atoms with Crippen molar-refractivity contribution in [3.63, 3.8) is 0 Å². The lowest BCUT2D eigenvalue weighted by Crippen LogP contribution is -1.96. The lowest BCUT2D eigenvalue weighted by Gasteiger charge is -2.05. The van der Waals surface area contributed by atoms with Crippen molar-refractivity contribution in [1.82, 2.24) is 4.98 Å². The second-order valence-corrected chi connectivity index (χ2v) is 3.90. The molecule has 0 bridgehead atoms. The highest BCUT2D eigenvalue weighted by Gasteiger charge is 2.01. The van der Waals surface area contributed by atoms with Gasteiger partial charge in [-0.3, -0.25) is 0 Å². The fourth-order valence-corrected chi connectivity index (χ4v) is 1.72. The first-order valence-corrected chi connectivity index (χ1v) is 5.46. The molecule has 2 nitrogen and oxygen atoms in total. The van der Waals surface area contributed by atoms with Crippen LogP contribution in [0.25, 0.3) is 0 Å². The Kier molecular flexibility index (Phi) is 2.97. The van der Waals surface area contributed by atoms with E-state index in [-0.39, 0.29) is 5.82 Å². The summed E-state index contributed by atoms with van der Waals surface area (Å²) >= 11 is 1.53. The van der Waals surface area contributed by atoms with Gasteiger partial charge in [-0.1, -0.05) is 0 Å². The quantitative estimate of drug-likeness (QED) is 0.797. The highest BCUT2D eigenvalue weighted by molar-refractivity contribution is 7.07. The molecule has 0 aliphatic heterocycles. The number of nitrogens with zero attached hydrogens (tertiary/aromatic N) is 1. The monoisotopic (exact) mass is 223 g/mol. The zero-order valence-corrected chi connectivity index (χ0v) is 9.05. The van der Waals surface area contributed by atoms with E-state index in [0.717, 1.165) is 5.69 Å². The second kappa shape index (κ2) is 4.40. The third-order valence-corrected chi connectivity index (χ3v) is 2.63. The van der Waals surface area contributed by atoms with Crippen molar-refractivity contribution < 1.29 is 9.13 Å². The van der Waals surface area contributed by atoms with Crippen molar-refractivity contribution in [1.29, 1.82) is 0 Å². The maximum atomic E-state index is 12.9. The topological polar surface area (TPSA) is 22.1 Å². The summed E-state index contributed by atoms with van der Waals surface area (Å²) in [7, 11) is 0. The number of halogens is 1. The Bertz CT molecular complexity index is 442. The minimum absolute atomic E-state index is 0.212. The Morgan fingerprint density at radius 2 is 2.33 bits per heavy atom. The molecule has 0 fully saturated rings. The summed E-state index contributed by atoms with van der Waals surface area (Å²) < 4.78 is 18.4. The zero-order chi connectivity index (χ0) is 10.7. The molecule has 0 aliphatic rings. The Balaban J connectivity index is 2.02. The highest BCUT2D eigenvalue weighted by atomic mass is 32.1. The molecular formula is C11H10FNOS. The first-order valence-electron chi connectivity index (χ1n) is 4.52. The SMILES string of the molecule is Cc1cc(OCc2cscn2)ccc1F. The maximum absolute atomic E-state index is 12.9. The van der Waals surface area contributed by atoms with Gasteiger partial charge in [0.15, 0.2) is 0 Å². The lowest BCUT2D eigenvalue weighted by atomic mass is 10.2. The van der Waals surface area contributed by atoms with E-state index in [1.165, 1.54) is 17.4 Å². The van der Waals surface area contributed by atoms with Gasteiger partial charge in [-0.25, -0.2) is 9.37 Å². The summed E-state index contributed by atoms with van der Waals surface area (Å²) in [5.74, 6) is 0.456. The van der Waals surface area contributed by atoms with Crippen molar-refractivity contribution in [2.75, 3.05) is 0 Å². The summed E-state index contributed by atoms with van der Waals surface area (Å²) in [4.78, 5) is 4.09. The number of aryl methyl sites for hydroxylation is 1. The van der Waals surface area contributed by atoms with Gasteiger partial charge in [-0.15, -0.1) is 11.3 Å². The van der Waals surface area contributed by atoms with Crippen LogP contribution >= 0.6 is 11.3 Å². The van der Waals surface area contributed by atoms with Gasteiger partial charge in [0.1, 0.15) is 18.2 Å². The Morgan fingerprint density at radius 1 is 1.47 bits per heavy atom. The number of hydrogen-bond acceptors (Lipinski definition) is 3. The summed E-state index contributed by atoms with van der Waals surface area (Å²) in [6.07, 6.45) is 0. The molecule has 0 unspecified atom stereocenters. The summed E-state index contributed by atoms with van der Waals surface area (Å²) in [5.41, 5.74) is 3.24. The molecule has 0 spiro atoms. The molecule has 0 radical (unpaired) electrons. The number of hydrogen-bond donors (Lipinski definition) is 0. The van der Waals surface area contributed by atoms with Crippen LogP contribution < -0.4 is 4.74 Å². The van der Waals surface area contributed by atoms with Gasteiger partial charge in [0.05, 0.1) is 11.2 Å². The lowest BCUT2D eigenvalue weighted by molar-refractivity contribution is 0.301. The average molecular weight is 223 g/mol. The Hall–Kier alpha value is -1.42. The van der Waals surface area contributed by atoms with Crippen molar-refractivity contribution in [2.45, 2.75) is 13.5 Å². The van der Waals surface area contributed by atoms with Gasteiger partial charge in [-0.2, -0.15) is 0 Å². The van der Waals surface area contributed by atoms with Crippen molar-refractivity contribution >= 4 is 11.3 Å². The fraction of sp³-hybridized carbons (Fsp3) is 0.182. The molecule has 0 saturated carbocycles. The number of benzene rings is 1. The Labute approximate surface area is 91.4 Å². The van der Waals surface area contributed by atoms with Crippen LogP contribution in [-0.4, -0.2) is 4.98 Å². The zero-order valence-electron chi connectivity index (χ0n) is 8.24. The van der Waals surface area contributed by atoms with Crippen molar-refractivity contribution in [3.05, 3.63) is 46.2 Å². The van der Waals surface area contributed by atoms with Crippen LogP contribution in [-0.2, 0) is 6.61 Å². The third-order valence-electron chi connectivity index (χ3n) is 2.00. The van der Waals surface area contributed by atoms with Gasteiger partial charge in [0.2, 0.25) is 0 Å². The molecule has 2 rings (SSSR count). The molecule has 0 saturated heterocycles. The standard InChI is InChI=1S/C11H10FNOS/c1-8-4-10(2-3-11(8)12)14-5-9-6-15-7-13-9/h2-4,6-7H,5H2,1H3. The van der Waals surface area contributed by atoms with E-state index in [1.54, 1.807) is 24.6 Å².